The van der Waals surface area contributed by atoms with E-state index in [4.69, 9.17) is 65.4 Å². The van der Waals surface area contributed by atoms with E-state index in [2.05, 4.69) is 61.0 Å². The first-order chi connectivity index (χ1) is 31.8. The number of aromatic carboxylic acids is 1. The van der Waals surface area contributed by atoms with Crippen LogP contribution in [0.3, 0.4) is 0 Å². The number of carboxylic acid groups (broad SMARTS) is 1. The third-order valence-electron chi connectivity index (χ3n) is 11.2. The molecule has 7 aromatic rings. The lowest BCUT2D eigenvalue weighted by Crippen LogP contribution is -2.48. The van der Waals surface area contributed by atoms with Gasteiger partial charge in [-0.3, -0.25) is 34.5 Å². The molecule has 342 valence electrons. The number of benzene rings is 5. The summed E-state index contributed by atoms with van der Waals surface area (Å²) in [5.41, 5.74) is 5.89. The number of hydrogen-bond acceptors (Lipinski definition) is 12. The highest BCUT2D eigenvalue weighted by atomic mass is 35.5. The number of nitrogens with one attached hydrogen (secondary N) is 1. The second kappa shape index (κ2) is 21.1. The number of anilines is 1. The molecule has 14 nitrogen and oxygen atoms in total. The van der Waals surface area contributed by atoms with Gasteiger partial charge in [0.15, 0.2) is 0 Å². The van der Waals surface area contributed by atoms with Gasteiger partial charge in [0.25, 0.3) is 5.91 Å². The maximum Gasteiger partial charge on any atom is 0.337 e. The number of aromatic nitrogens is 4. The molecule has 1 amide bonds. The molecule has 1 aliphatic rings. The number of piperazine rings is 1. The number of hydrogen-bond donors (Lipinski definition) is 2. The van der Waals surface area contributed by atoms with Gasteiger partial charge in [-0.25, -0.2) is 4.79 Å². The molecule has 66 heavy (non-hydrogen) atoms. The molecular formula is C48H45Cl4N7O7. The zero-order valence-electron chi connectivity index (χ0n) is 36.8. The van der Waals surface area contributed by atoms with Crippen molar-refractivity contribution < 1.29 is 33.6 Å². The summed E-state index contributed by atoms with van der Waals surface area (Å²) in [6.07, 6.45) is 6.01. The summed E-state index contributed by atoms with van der Waals surface area (Å²) in [6, 6.07) is 18.3. The average molecular weight is 974 g/mol. The summed E-state index contributed by atoms with van der Waals surface area (Å²) in [6.45, 7) is 9.67. The van der Waals surface area contributed by atoms with Crippen molar-refractivity contribution in [2.45, 2.75) is 26.4 Å². The monoisotopic (exact) mass is 971 g/mol. The van der Waals surface area contributed by atoms with Crippen LogP contribution in [-0.2, 0) is 6.54 Å². The first-order valence-corrected chi connectivity index (χ1v) is 22.1. The second-order valence-corrected chi connectivity index (χ2v) is 16.8. The van der Waals surface area contributed by atoms with E-state index in [1.165, 1.54) is 52.5 Å². The predicted octanol–water partition coefficient (Wildman–Crippen LogP) is 10.7. The molecule has 3 heterocycles. The number of amides is 1. The summed E-state index contributed by atoms with van der Waals surface area (Å²) in [5, 5.41) is 13.5. The highest BCUT2D eigenvalue weighted by molar-refractivity contribution is 6.42. The molecule has 0 atom stereocenters. The summed E-state index contributed by atoms with van der Waals surface area (Å²) >= 11 is 26.3. The van der Waals surface area contributed by atoms with Crippen LogP contribution in [0.2, 0.25) is 20.1 Å². The maximum atomic E-state index is 13.4. The van der Waals surface area contributed by atoms with Crippen molar-refractivity contribution in [1.82, 2.24) is 29.7 Å². The Labute approximate surface area is 401 Å². The summed E-state index contributed by atoms with van der Waals surface area (Å²) < 4.78 is 21.4. The van der Waals surface area contributed by atoms with E-state index >= 15 is 0 Å². The van der Waals surface area contributed by atoms with E-state index < -0.39 is 5.97 Å². The molecule has 0 aliphatic carbocycles. The minimum Gasteiger partial charge on any atom is -0.495 e. The number of nitrogens with zero attached hydrogens (tertiary/aromatic N) is 6. The zero-order valence-corrected chi connectivity index (χ0v) is 39.8. The summed E-state index contributed by atoms with van der Waals surface area (Å²) in [5.74, 6) is 0.165. The Kier molecular flexibility index (Phi) is 15.3. The number of rotatable bonds is 12. The van der Waals surface area contributed by atoms with Crippen LogP contribution in [0.5, 0.6) is 23.0 Å². The van der Waals surface area contributed by atoms with E-state index in [-0.39, 0.29) is 27.0 Å². The van der Waals surface area contributed by atoms with Gasteiger partial charge in [0, 0.05) is 104 Å². The maximum absolute atomic E-state index is 13.4. The van der Waals surface area contributed by atoms with Crippen LogP contribution in [-0.4, -0.2) is 107 Å². The average Bonchev–Trinajstić information content (AvgIpc) is 3.32. The van der Waals surface area contributed by atoms with Crippen molar-refractivity contribution >= 4 is 86.0 Å². The molecule has 2 N–H and O–H groups in total. The topological polar surface area (TPSA) is 161 Å². The fourth-order valence-electron chi connectivity index (χ4n) is 7.70. The SMILES string of the molecule is COc1cc(OC)c(Cl)c(-c2ccc(C(=O)Nc3ccc(CN4CCN(C(C)C)CC4)cc3)c3nccnc23)c1Cl.COc1cc(OC)c(Cl)c(-c2ccc(C(=O)O)c3nccnc23)c1Cl. The van der Waals surface area contributed by atoms with Gasteiger partial charge in [-0.15, -0.1) is 0 Å². The molecule has 8 rings (SSSR count). The lowest BCUT2D eigenvalue weighted by molar-refractivity contribution is 0.0698. The second-order valence-electron chi connectivity index (χ2n) is 15.3. The van der Waals surface area contributed by atoms with Crippen LogP contribution < -0.4 is 24.3 Å². The standard InChI is InChI=1S/C31H33Cl2N5O3.C17H12Cl2N2O4/c1-19(2)38-15-13-37(14-16-38)18-20-5-7-21(8-6-20)36-31(39)23-10-9-22(29-30(23)35-12-11-34-29)26-27(32)24(40-3)17-25(41-4)28(26)33;1-24-10-7-11(25-2)14(19)12(13(10)18)8-3-4-9(17(22)23)16-15(8)20-5-6-21-16/h5-12,17,19H,13-16,18H2,1-4H3,(H,36,39);3-7H,1-2H3,(H,22,23). The first kappa shape index (κ1) is 47.9. The lowest BCUT2D eigenvalue weighted by atomic mass is 9.99. The molecule has 2 aromatic heterocycles. The van der Waals surface area contributed by atoms with E-state index in [9.17, 15) is 14.7 Å². The molecule has 1 fully saturated rings. The Morgan fingerprint density at radius 1 is 0.606 bits per heavy atom. The van der Waals surface area contributed by atoms with Crippen molar-refractivity contribution in [2.24, 2.45) is 0 Å². The van der Waals surface area contributed by atoms with E-state index in [0.717, 1.165) is 32.7 Å². The Morgan fingerprint density at radius 3 is 1.42 bits per heavy atom. The quantitative estimate of drug-likeness (QED) is 0.119. The molecule has 18 heteroatoms. The number of carboxylic acids is 1. The number of carbonyl (C=O) groups excluding carboxylic acids is 1. The van der Waals surface area contributed by atoms with Crippen LogP contribution in [0.4, 0.5) is 5.69 Å². The Balaban J connectivity index is 0.000000221. The molecule has 1 saturated heterocycles. The molecular weight excluding hydrogens is 928 g/mol. The summed E-state index contributed by atoms with van der Waals surface area (Å²) in [4.78, 5) is 47.3. The van der Waals surface area contributed by atoms with E-state index in [0.29, 0.717) is 89.1 Å². The van der Waals surface area contributed by atoms with Gasteiger partial charge in [0.2, 0.25) is 0 Å². The zero-order chi connectivity index (χ0) is 47.2. The highest BCUT2D eigenvalue weighted by Gasteiger charge is 2.25. The Hall–Kier alpha value is -6.00. The normalized spacial score (nSPS) is 13.0. The van der Waals surface area contributed by atoms with Crippen LogP contribution in [0, 0.1) is 0 Å². The molecule has 0 saturated carbocycles. The molecule has 0 unspecified atom stereocenters. The van der Waals surface area contributed by atoms with Crippen LogP contribution in [0.25, 0.3) is 44.3 Å². The molecule has 0 spiro atoms. The van der Waals surface area contributed by atoms with E-state index in [1.54, 1.807) is 42.7 Å². The Bertz CT molecular complexity index is 2880. The van der Waals surface area contributed by atoms with Crippen LogP contribution >= 0.6 is 46.4 Å². The van der Waals surface area contributed by atoms with Crippen molar-refractivity contribution in [3.63, 3.8) is 0 Å². The third-order valence-corrected chi connectivity index (χ3v) is 12.7. The van der Waals surface area contributed by atoms with Gasteiger partial charge in [0.1, 0.15) is 34.0 Å². The minimum atomic E-state index is -1.10. The molecule has 1 aliphatic heterocycles. The van der Waals surface area contributed by atoms with Crippen molar-refractivity contribution in [3.05, 3.63) is 122 Å². The Morgan fingerprint density at radius 2 is 1.02 bits per heavy atom. The number of ether oxygens (including phenoxy) is 4. The first-order valence-electron chi connectivity index (χ1n) is 20.6. The van der Waals surface area contributed by atoms with Gasteiger partial charge in [-0.2, -0.15) is 0 Å². The van der Waals surface area contributed by atoms with Gasteiger partial charge >= 0.3 is 5.97 Å². The highest BCUT2D eigenvalue weighted by Crippen LogP contribution is 2.49. The smallest absolute Gasteiger partial charge is 0.337 e. The summed E-state index contributed by atoms with van der Waals surface area (Å²) in [7, 11) is 5.99. The lowest BCUT2D eigenvalue weighted by Gasteiger charge is -2.36. The van der Waals surface area contributed by atoms with E-state index in [1.807, 2.05) is 12.1 Å². The molecule has 0 bridgehead atoms. The van der Waals surface area contributed by atoms with Gasteiger partial charge < -0.3 is 29.4 Å². The fraction of sp³-hybridized carbons (Fsp3) is 0.250. The van der Waals surface area contributed by atoms with Crippen LogP contribution in [0.1, 0.15) is 40.1 Å². The van der Waals surface area contributed by atoms with Crippen LogP contribution in [0.15, 0.2) is 85.5 Å². The minimum absolute atomic E-state index is 0.0361. The van der Waals surface area contributed by atoms with Gasteiger partial charge in [-0.1, -0.05) is 70.7 Å². The molecule has 5 aromatic carbocycles. The predicted molar refractivity (Wildman–Crippen MR) is 260 cm³/mol. The largest absolute Gasteiger partial charge is 0.495 e. The number of methoxy groups -OCH3 is 4. The van der Waals surface area contributed by atoms with Crippen molar-refractivity contribution in [1.29, 1.82) is 0 Å². The fourth-order valence-corrected chi connectivity index (χ4v) is 9.11. The van der Waals surface area contributed by atoms with Crippen molar-refractivity contribution in [2.75, 3.05) is 59.9 Å². The third kappa shape index (κ3) is 9.90. The van der Waals surface area contributed by atoms with Gasteiger partial charge in [-0.05, 0) is 43.7 Å². The number of carbonyl (C=O) groups is 2. The number of fused-ring (bicyclic) bond motifs is 2. The van der Waals surface area contributed by atoms with Gasteiger partial charge in [0.05, 0.1) is 70.7 Å². The molecule has 0 radical (unpaired) electrons. The van der Waals surface area contributed by atoms with Crippen molar-refractivity contribution in [3.8, 4) is 45.3 Å². The number of halogens is 4.